The van der Waals surface area contributed by atoms with Crippen LogP contribution >= 0.6 is 0 Å². The van der Waals surface area contributed by atoms with Crippen molar-refractivity contribution in [3.63, 3.8) is 0 Å². The summed E-state index contributed by atoms with van der Waals surface area (Å²) < 4.78 is 19.8. The topological polar surface area (TPSA) is 58.6 Å². The summed E-state index contributed by atoms with van der Waals surface area (Å²) >= 11 is 0. The van der Waals surface area contributed by atoms with Crippen molar-refractivity contribution in [2.75, 3.05) is 6.54 Å². The molecule has 1 aliphatic heterocycles. The van der Waals surface area contributed by atoms with Crippen molar-refractivity contribution in [2.45, 2.75) is 77.5 Å². The first-order chi connectivity index (χ1) is 16.4. The number of benzene rings is 2. The average molecular weight is 467 g/mol. The molecule has 34 heavy (non-hydrogen) atoms. The van der Waals surface area contributed by atoms with Gasteiger partial charge in [-0.05, 0) is 80.5 Å². The highest BCUT2D eigenvalue weighted by Gasteiger charge is 2.36. The number of halogens is 1. The summed E-state index contributed by atoms with van der Waals surface area (Å²) in [6.07, 6.45) is 4.77. The average Bonchev–Trinajstić information content (AvgIpc) is 3.36. The number of nitrogens with one attached hydrogen (secondary N) is 1. The van der Waals surface area contributed by atoms with Gasteiger partial charge >= 0.3 is 0 Å². The second-order valence-electron chi connectivity index (χ2n) is 9.76. The van der Waals surface area contributed by atoms with Crippen LogP contribution in [0.5, 0.6) is 5.75 Å². The highest BCUT2D eigenvalue weighted by molar-refractivity contribution is 5.81. The maximum Gasteiger partial charge on any atom is 0.261 e. The van der Waals surface area contributed by atoms with E-state index < -0.39 is 6.10 Å². The van der Waals surface area contributed by atoms with E-state index in [1.165, 1.54) is 12.1 Å². The van der Waals surface area contributed by atoms with E-state index in [0.717, 1.165) is 48.8 Å². The third kappa shape index (κ3) is 5.26. The zero-order valence-electron chi connectivity index (χ0n) is 20.4. The Hall–Kier alpha value is -2.89. The van der Waals surface area contributed by atoms with Crippen LogP contribution in [0.4, 0.5) is 4.39 Å². The molecule has 0 bridgehead atoms. The molecule has 0 aromatic heterocycles. The van der Waals surface area contributed by atoms with Crippen molar-refractivity contribution in [2.24, 2.45) is 5.92 Å². The van der Waals surface area contributed by atoms with Gasteiger partial charge in [0.2, 0.25) is 5.91 Å². The van der Waals surface area contributed by atoms with Crippen LogP contribution in [-0.4, -0.2) is 35.4 Å². The Balaban J connectivity index is 1.68. The van der Waals surface area contributed by atoms with Crippen LogP contribution in [0, 0.1) is 11.7 Å². The molecule has 2 atom stereocenters. The fourth-order valence-corrected chi connectivity index (χ4v) is 5.18. The van der Waals surface area contributed by atoms with E-state index in [0.29, 0.717) is 18.7 Å². The summed E-state index contributed by atoms with van der Waals surface area (Å²) in [7, 11) is 0. The van der Waals surface area contributed by atoms with Gasteiger partial charge in [-0.1, -0.05) is 38.0 Å². The van der Waals surface area contributed by atoms with E-state index in [1.807, 2.05) is 43.9 Å². The van der Waals surface area contributed by atoms with Crippen molar-refractivity contribution in [3.05, 3.63) is 65.0 Å². The van der Waals surface area contributed by atoms with Gasteiger partial charge in [0, 0.05) is 18.5 Å². The lowest BCUT2D eigenvalue weighted by Crippen LogP contribution is -2.43. The Morgan fingerprint density at radius 3 is 2.47 bits per heavy atom. The molecule has 2 aromatic rings. The van der Waals surface area contributed by atoms with Gasteiger partial charge in [-0.25, -0.2) is 4.39 Å². The maximum atomic E-state index is 13.7. The summed E-state index contributed by atoms with van der Waals surface area (Å²) in [6, 6.07) is 12.1. The molecular formula is C28H35FN2O3. The van der Waals surface area contributed by atoms with E-state index in [2.05, 4.69) is 5.32 Å². The molecule has 5 nitrogen and oxygen atoms in total. The Bertz CT molecular complexity index is 1010. The minimum atomic E-state index is -0.593. The maximum absolute atomic E-state index is 13.7. The number of carbonyl (C=O) groups is 2. The normalized spacial score (nSPS) is 19.1. The molecule has 182 valence electrons. The molecule has 0 radical (unpaired) electrons. The Labute approximate surface area is 201 Å². The molecule has 0 unspecified atom stereocenters. The van der Waals surface area contributed by atoms with Gasteiger partial charge in [-0.15, -0.1) is 0 Å². The minimum Gasteiger partial charge on any atom is -0.481 e. The fraction of sp³-hybridized carbons (Fsp3) is 0.500. The molecule has 2 aromatic carbocycles. The lowest BCUT2D eigenvalue weighted by Gasteiger charge is -2.39. The fourth-order valence-electron chi connectivity index (χ4n) is 5.18. The lowest BCUT2D eigenvalue weighted by molar-refractivity contribution is -0.137. The Kier molecular flexibility index (Phi) is 7.54. The van der Waals surface area contributed by atoms with E-state index in [4.69, 9.17) is 4.74 Å². The Morgan fingerprint density at radius 2 is 1.82 bits per heavy atom. The van der Waals surface area contributed by atoms with Gasteiger partial charge in [0.15, 0.2) is 6.10 Å². The number of amides is 2. The number of hydrogen-bond acceptors (Lipinski definition) is 3. The first kappa shape index (κ1) is 24.2. The Morgan fingerprint density at radius 1 is 1.12 bits per heavy atom. The molecule has 0 saturated heterocycles. The summed E-state index contributed by atoms with van der Waals surface area (Å²) in [4.78, 5) is 28.1. The molecule has 1 aliphatic carbocycles. The van der Waals surface area contributed by atoms with E-state index >= 15 is 0 Å². The van der Waals surface area contributed by atoms with Crippen molar-refractivity contribution in [3.8, 4) is 5.75 Å². The van der Waals surface area contributed by atoms with E-state index in [9.17, 15) is 14.0 Å². The predicted molar refractivity (Wildman–Crippen MR) is 130 cm³/mol. The molecule has 0 spiro atoms. The first-order valence-corrected chi connectivity index (χ1v) is 12.5. The third-order valence-corrected chi connectivity index (χ3v) is 6.89. The standard InChI is InChI=1S/C28H35FN2O3/c1-4-25(27(32)30-18(2)3)34-23-14-11-19-15-16-31(28(33)21-7-5-6-8-21)26(24(19)17-23)20-9-12-22(29)13-10-20/h9-14,17-18,21,25-26H,4-8,15-16H2,1-3H3,(H,30,32)/t25-,26+/m1/s1. The molecule has 2 amide bonds. The van der Waals surface area contributed by atoms with Crippen LogP contribution in [0.25, 0.3) is 0 Å². The minimum absolute atomic E-state index is 0.0340. The number of nitrogens with zero attached hydrogens (tertiary/aromatic N) is 1. The summed E-state index contributed by atoms with van der Waals surface area (Å²) in [5.74, 6) is 0.419. The molecule has 1 fully saturated rings. The van der Waals surface area contributed by atoms with Crippen LogP contribution in [-0.2, 0) is 16.0 Å². The summed E-state index contributed by atoms with van der Waals surface area (Å²) in [6.45, 7) is 6.41. The lowest BCUT2D eigenvalue weighted by atomic mass is 9.87. The van der Waals surface area contributed by atoms with Gasteiger partial charge in [0.05, 0.1) is 6.04 Å². The predicted octanol–water partition coefficient (Wildman–Crippen LogP) is 5.17. The summed E-state index contributed by atoms with van der Waals surface area (Å²) in [5, 5.41) is 2.92. The molecular weight excluding hydrogens is 431 g/mol. The number of rotatable bonds is 7. The van der Waals surface area contributed by atoms with Crippen LogP contribution in [0.15, 0.2) is 42.5 Å². The van der Waals surface area contributed by atoms with Crippen LogP contribution in [0.2, 0.25) is 0 Å². The van der Waals surface area contributed by atoms with Crippen LogP contribution in [0.3, 0.4) is 0 Å². The van der Waals surface area contributed by atoms with E-state index in [1.54, 1.807) is 12.1 Å². The van der Waals surface area contributed by atoms with Crippen LogP contribution in [0.1, 0.15) is 75.6 Å². The first-order valence-electron chi connectivity index (χ1n) is 12.5. The number of hydrogen-bond donors (Lipinski definition) is 1. The zero-order valence-corrected chi connectivity index (χ0v) is 20.4. The SMILES string of the molecule is CC[C@@H](Oc1ccc2c(c1)[C@H](c1ccc(F)cc1)N(C(=O)C1CCCC1)CC2)C(=O)NC(C)C. The molecule has 1 N–H and O–H groups in total. The van der Waals surface area contributed by atoms with Gasteiger partial charge in [0.25, 0.3) is 5.91 Å². The summed E-state index contributed by atoms with van der Waals surface area (Å²) in [5.41, 5.74) is 3.02. The number of fused-ring (bicyclic) bond motifs is 1. The van der Waals surface area contributed by atoms with Crippen molar-refractivity contribution in [1.29, 1.82) is 0 Å². The molecule has 1 saturated carbocycles. The largest absolute Gasteiger partial charge is 0.481 e. The third-order valence-electron chi connectivity index (χ3n) is 6.89. The highest BCUT2D eigenvalue weighted by Crippen LogP contribution is 2.40. The van der Waals surface area contributed by atoms with E-state index in [-0.39, 0.29) is 35.6 Å². The second kappa shape index (κ2) is 10.6. The molecule has 1 heterocycles. The monoisotopic (exact) mass is 466 g/mol. The molecule has 2 aliphatic rings. The van der Waals surface area contributed by atoms with Crippen LogP contribution < -0.4 is 10.1 Å². The van der Waals surface area contributed by atoms with Crippen molar-refractivity contribution < 1.29 is 18.7 Å². The van der Waals surface area contributed by atoms with Crippen molar-refractivity contribution >= 4 is 11.8 Å². The highest BCUT2D eigenvalue weighted by atomic mass is 19.1. The van der Waals surface area contributed by atoms with Gasteiger partial charge in [-0.2, -0.15) is 0 Å². The molecule has 4 rings (SSSR count). The number of ether oxygens (including phenoxy) is 1. The number of carbonyl (C=O) groups excluding carboxylic acids is 2. The second-order valence-corrected chi connectivity index (χ2v) is 9.76. The van der Waals surface area contributed by atoms with Gasteiger partial charge in [-0.3, -0.25) is 9.59 Å². The van der Waals surface area contributed by atoms with Gasteiger partial charge < -0.3 is 15.0 Å². The smallest absolute Gasteiger partial charge is 0.261 e. The zero-order chi connectivity index (χ0) is 24.2. The quantitative estimate of drug-likeness (QED) is 0.612. The molecule has 6 heteroatoms. The van der Waals surface area contributed by atoms with Gasteiger partial charge in [0.1, 0.15) is 11.6 Å². The van der Waals surface area contributed by atoms with Crippen molar-refractivity contribution in [1.82, 2.24) is 10.2 Å².